The third kappa shape index (κ3) is 6.33. The van der Waals surface area contributed by atoms with Gasteiger partial charge in [-0.3, -0.25) is 14.3 Å². The van der Waals surface area contributed by atoms with Crippen LogP contribution in [-0.2, 0) is 10.0 Å². The van der Waals surface area contributed by atoms with Crippen LogP contribution in [0, 0.1) is 0 Å². The van der Waals surface area contributed by atoms with Crippen molar-refractivity contribution in [3.05, 3.63) is 53.6 Å². The van der Waals surface area contributed by atoms with Gasteiger partial charge < -0.3 is 10.2 Å². The molecule has 2 aromatic rings. The number of amides is 2. The third-order valence-corrected chi connectivity index (χ3v) is 8.17. The monoisotopic (exact) mass is 503 g/mol. The number of para-hydroxylation sites is 1. The summed E-state index contributed by atoms with van der Waals surface area (Å²) in [5.74, 6) is -0.487. The molecule has 34 heavy (non-hydrogen) atoms. The fourth-order valence-corrected chi connectivity index (χ4v) is 5.52. The predicted octanol–water partition coefficient (Wildman–Crippen LogP) is 4.75. The lowest BCUT2D eigenvalue weighted by Gasteiger charge is -2.22. The first-order chi connectivity index (χ1) is 16.3. The fraction of sp³-hybridized carbons (Fsp3) is 0.440. The SMILES string of the molecule is CC[C@H](C)NC(=O)c1ccccc1NS(=O)(=O)c1ccc(SC)c(C(=O)N2CCCCCC2)c1. The molecule has 1 heterocycles. The first-order valence-corrected chi connectivity index (χ1v) is 14.4. The van der Waals surface area contributed by atoms with E-state index in [9.17, 15) is 18.0 Å². The van der Waals surface area contributed by atoms with Crippen molar-refractivity contribution < 1.29 is 18.0 Å². The van der Waals surface area contributed by atoms with Gasteiger partial charge in [-0.15, -0.1) is 11.8 Å². The van der Waals surface area contributed by atoms with Gasteiger partial charge in [0, 0.05) is 24.0 Å². The molecule has 2 amide bonds. The van der Waals surface area contributed by atoms with Gasteiger partial charge in [-0.05, 0) is 62.8 Å². The van der Waals surface area contributed by atoms with Gasteiger partial charge in [0.15, 0.2) is 0 Å². The maximum absolute atomic E-state index is 13.3. The van der Waals surface area contributed by atoms with Crippen molar-refractivity contribution >= 4 is 39.3 Å². The summed E-state index contributed by atoms with van der Waals surface area (Å²) in [6.45, 7) is 5.21. The molecule has 7 nitrogen and oxygen atoms in total. The summed E-state index contributed by atoms with van der Waals surface area (Å²) < 4.78 is 29.1. The zero-order chi connectivity index (χ0) is 24.7. The maximum atomic E-state index is 13.3. The van der Waals surface area contributed by atoms with Crippen LogP contribution in [0.25, 0.3) is 0 Å². The van der Waals surface area contributed by atoms with Crippen molar-refractivity contribution in [2.75, 3.05) is 24.1 Å². The zero-order valence-electron chi connectivity index (χ0n) is 20.0. The number of hydrogen-bond acceptors (Lipinski definition) is 5. The van der Waals surface area contributed by atoms with Crippen molar-refractivity contribution in [3.63, 3.8) is 0 Å². The number of likely N-dealkylation sites (tertiary alicyclic amines) is 1. The topological polar surface area (TPSA) is 95.6 Å². The molecule has 2 N–H and O–H groups in total. The summed E-state index contributed by atoms with van der Waals surface area (Å²) in [5, 5.41) is 2.87. The first-order valence-electron chi connectivity index (χ1n) is 11.7. The molecule has 3 rings (SSSR count). The molecular weight excluding hydrogens is 470 g/mol. The molecule has 2 aromatic carbocycles. The molecule has 0 aromatic heterocycles. The summed E-state index contributed by atoms with van der Waals surface area (Å²) in [7, 11) is -4.03. The maximum Gasteiger partial charge on any atom is 0.261 e. The molecule has 184 valence electrons. The van der Waals surface area contributed by atoms with E-state index in [2.05, 4.69) is 10.0 Å². The molecule has 0 aliphatic carbocycles. The van der Waals surface area contributed by atoms with Gasteiger partial charge >= 0.3 is 0 Å². The molecule has 1 aliphatic heterocycles. The Morgan fingerprint density at radius 2 is 1.71 bits per heavy atom. The van der Waals surface area contributed by atoms with Gasteiger partial charge in [0.1, 0.15) is 0 Å². The van der Waals surface area contributed by atoms with Crippen LogP contribution in [0.2, 0.25) is 0 Å². The van der Waals surface area contributed by atoms with Gasteiger partial charge in [-0.1, -0.05) is 31.9 Å². The number of benzene rings is 2. The lowest BCUT2D eigenvalue weighted by atomic mass is 10.1. The zero-order valence-corrected chi connectivity index (χ0v) is 21.6. The van der Waals surface area contributed by atoms with Gasteiger partial charge in [-0.25, -0.2) is 8.42 Å². The Morgan fingerprint density at radius 3 is 2.35 bits per heavy atom. The Balaban J connectivity index is 1.91. The van der Waals surface area contributed by atoms with Crippen LogP contribution in [0.15, 0.2) is 52.3 Å². The third-order valence-electron chi connectivity index (χ3n) is 6.01. The number of carbonyl (C=O) groups excluding carboxylic acids is 2. The Hall–Kier alpha value is -2.52. The number of carbonyl (C=O) groups is 2. The van der Waals surface area contributed by atoms with Crippen molar-refractivity contribution in [1.82, 2.24) is 10.2 Å². The predicted molar refractivity (Wildman–Crippen MR) is 137 cm³/mol. The van der Waals surface area contributed by atoms with E-state index in [0.29, 0.717) is 18.7 Å². The lowest BCUT2D eigenvalue weighted by Crippen LogP contribution is -2.33. The van der Waals surface area contributed by atoms with E-state index in [1.54, 1.807) is 30.3 Å². The molecule has 1 saturated heterocycles. The number of hydrogen-bond donors (Lipinski definition) is 2. The minimum Gasteiger partial charge on any atom is -0.350 e. The molecule has 0 spiro atoms. The van der Waals surface area contributed by atoms with Crippen LogP contribution in [-0.4, -0.2) is 50.5 Å². The molecule has 0 radical (unpaired) electrons. The normalized spacial score (nSPS) is 15.3. The molecule has 1 atom stereocenters. The second-order valence-electron chi connectivity index (χ2n) is 8.50. The Kier molecular flexibility index (Phi) is 9.02. The number of sulfonamides is 1. The van der Waals surface area contributed by atoms with Crippen molar-refractivity contribution in [2.24, 2.45) is 0 Å². The first kappa shape index (κ1) is 26.1. The number of thioether (sulfide) groups is 1. The second kappa shape index (κ2) is 11.8. The van der Waals surface area contributed by atoms with Crippen LogP contribution in [0.4, 0.5) is 5.69 Å². The van der Waals surface area contributed by atoms with Crippen molar-refractivity contribution in [3.8, 4) is 0 Å². The quantitative estimate of drug-likeness (QED) is 0.507. The van der Waals surface area contributed by atoms with Crippen molar-refractivity contribution in [2.45, 2.75) is 61.8 Å². The van der Waals surface area contributed by atoms with Crippen LogP contribution in [0.3, 0.4) is 0 Å². The second-order valence-corrected chi connectivity index (χ2v) is 11.0. The molecule has 1 fully saturated rings. The minimum absolute atomic E-state index is 0.0133. The number of nitrogens with one attached hydrogen (secondary N) is 2. The summed E-state index contributed by atoms with van der Waals surface area (Å²) in [6, 6.07) is 11.1. The summed E-state index contributed by atoms with van der Waals surface area (Å²) in [6.07, 6.45) is 6.73. The highest BCUT2D eigenvalue weighted by molar-refractivity contribution is 7.98. The van der Waals surface area contributed by atoms with Crippen LogP contribution < -0.4 is 10.0 Å². The molecule has 0 unspecified atom stereocenters. The Labute approximate surface area is 206 Å². The van der Waals surface area contributed by atoms with E-state index in [-0.39, 0.29) is 34.0 Å². The van der Waals surface area contributed by atoms with Gasteiger partial charge in [0.05, 0.1) is 21.7 Å². The van der Waals surface area contributed by atoms with E-state index in [1.165, 1.54) is 23.9 Å². The lowest BCUT2D eigenvalue weighted by molar-refractivity contribution is 0.0757. The summed E-state index contributed by atoms with van der Waals surface area (Å²) >= 11 is 1.41. The largest absolute Gasteiger partial charge is 0.350 e. The van der Waals surface area contributed by atoms with Gasteiger partial charge in [-0.2, -0.15) is 0 Å². The highest BCUT2D eigenvalue weighted by atomic mass is 32.2. The van der Waals surface area contributed by atoms with Crippen LogP contribution in [0.1, 0.15) is 66.7 Å². The molecule has 9 heteroatoms. The van der Waals surface area contributed by atoms with E-state index in [1.807, 2.05) is 25.0 Å². The Morgan fingerprint density at radius 1 is 1.03 bits per heavy atom. The molecule has 0 saturated carbocycles. The molecule has 1 aliphatic rings. The van der Waals surface area contributed by atoms with Gasteiger partial charge in [0.2, 0.25) is 0 Å². The van der Waals surface area contributed by atoms with Crippen LogP contribution >= 0.6 is 11.8 Å². The average molecular weight is 504 g/mol. The number of anilines is 1. The average Bonchev–Trinajstić information content (AvgIpc) is 3.12. The highest BCUT2D eigenvalue weighted by Gasteiger charge is 2.24. The number of nitrogens with zero attached hydrogens (tertiary/aromatic N) is 1. The fourth-order valence-electron chi connectivity index (χ4n) is 3.84. The highest BCUT2D eigenvalue weighted by Crippen LogP contribution is 2.28. The van der Waals surface area contributed by atoms with E-state index < -0.39 is 10.0 Å². The molecular formula is C25H33N3O4S2. The summed E-state index contributed by atoms with van der Waals surface area (Å²) in [5.41, 5.74) is 0.825. The van der Waals surface area contributed by atoms with Crippen molar-refractivity contribution in [1.29, 1.82) is 0 Å². The Bertz CT molecular complexity index is 1130. The smallest absolute Gasteiger partial charge is 0.261 e. The van der Waals surface area contributed by atoms with Gasteiger partial charge in [0.25, 0.3) is 21.8 Å². The summed E-state index contributed by atoms with van der Waals surface area (Å²) in [4.78, 5) is 28.5. The number of rotatable bonds is 8. The van der Waals surface area contributed by atoms with Crippen LogP contribution in [0.5, 0.6) is 0 Å². The van der Waals surface area contributed by atoms with E-state index >= 15 is 0 Å². The van der Waals surface area contributed by atoms with E-state index in [4.69, 9.17) is 0 Å². The minimum atomic E-state index is -4.03. The van der Waals surface area contributed by atoms with E-state index in [0.717, 1.165) is 37.0 Å². The molecule has 0 bridgehead atoms. The standard InChI is InChI=1S/C25H33N3O4S2/c1-4-18(2)26-24(29)20-11-7-8-12-22(20)27-34(31,32)19-13-14-23(33-3)21(17-19)25(30)28-15-9-5-6-10-16-28/h7-8,11-14,17-18,27H,4-6,9-10,15-16H2,1-3H3,(H,26,29)/t18-/m0/s1.